The lowest BCUT2D eigenvalue weighted by Crippen LogP contribution is -2.17. The maximum atomic E-state index is 13.0. The molecule has 1 saturated heterocycles. The fourth-order valence-corrected chi connectivity index (χ4v) is 4.60. The molecule has 0 bridgehead atoms. The summed E-state index contributed by atoms with van der Waals surface area (Å²) in [4.78, 5) is 11.7. The molecule has 0 unspecified atom stereocenters. The van der Waals surface area contributed by atoms with Crippen molar-refractivity contribution in [2.75, 3.05) is 16.8 Å². The second-order valence-electron chi connectivity index (χ2n) is 5.75. The maximum Gasteiger partial charge on any atom is 0.254 e. The minimum Gasteiger partial charge on any atom is -0.365 e. The third-order valence-electron chi connectivity index (χ3n) is 3.93. The van der Waals surface area contributed by atoms with Gasteiger partial charge in [-0.3, -0.25) is 9.48 Å². The first-order valence-electron chi connectivity index (χ1n) is 7.30. The number of rotatable bonds is 4. The van der Waals surface area contributed by atoms with Gasteiger partial charge in [-0.25, -0.2) is 12.8 Å². The molecule has 2 atom stereocenters. The topological polar surface area (TPSA) is 131 Å². The van der Waals surface area contributed by atoms with Crippen molar-refractivity contribution in [2.45, 2.75) is 6.04 Å². The molecule has 1 aliphatic heterocycles. The molecule has 1 aliphatic rings. The number of primary amides is 1. The van der Waals surface area contributed by atoms with E-state index in [1.54, 1.807) is 0 Å². The third-order valence-corrected chi connectivity index (χ3v) is 5.65. The van der Waals surface area contributed by atoms with Gasteiger partial charge in [-0.05, 0) is 24.3 Å². The Bertz CT molecular complexity index is 962. The molecule has 1 fully saturated rings. The molecule has 2 aromatic rings. The van der Waals surface area contributed by atoms with Crippen LogP contribution < -0.4 is 11.1 Å². The Morgan fingerprint density at radius 3 is 2.64 bits per heavy atom. The molecule has 0 saturated carbocycles. The molecule has 2 heterocycles. The van der Waals surface area contributed by atoms with Crippen LogP contribution in [-0.2, 0) is 9.84 Å². The van der Waals surface area contributed by atoms with Crippen molar-refractivity contribution >= 4 is 27.2 Å². The lowest BCUT2D eigenvalue weighted by atomic mass is 10.1. The zero-order chi connectivity index (χ0) is 18.2. The van der Waals surface area contributed by atoms with E-state index in [0.717, 1.165) is 0 Å². The molecule has 0 aliphatic carbocycles. The standard InChI is InChI=1S/C15H14FN5O3S/c16-10-1-3-11(4-2-10)19-15-12(14(18)22)6-21(20-15)13-8-25(23,24)7-9(13)5-17/h1-4,6,9,13H,7-8H2,(H2,18,22)(H,19,20)/t9-,13-/m0/s1. The Balaban J connectivity index is 1.96. The summed E-state index contributed by atoms with van der Waals surface area (Å²) in [6, 6.07) is 6.65. The molecule has 8 nitrogen and oxygen atoms in total. The Morgan fingerprint density at radius 1 is 1.36 bits per heavy atom. The number of nitrogens with one attached hydrogen (secondary N) is 1. The predicted octanol–water partition coefficient (Wildman–Crippen LogP) is 0.974. The van der Waals surface area contributed by atoms with Crippen LogP contribution in [0, 0.1) is 23.1 Å². The van der Waals surface area contributed by atoms with Crippen molar-refractivity contribution in [3.63, 3.8) is 0 Å². The Kier molecular flexibility index (Phi) is 4.18. The molecule has 25 heavy (non-hydrogen) atoms. The second-order valence-corrected chi connectivity index (χ2v) is 7.90. The number of carbonyl (C=O) groups excluding carboxylic acids is 1. The Morgan fingerprint density at radius 2 is 2.04 bits per heavy atom. The summed E-state index contributed by atoms with van der Waals surface area (Å²) < 4.78 is 37.9. The van der Waals surface area contributed by atoms with Crippen LogP contribution in [0.25, 0.3) is 0 Å². The molecule has 10 heteroatoms. The van der Waals surface area contributed by atoms with Crippen LogP contribution in [-0.4, -0.2) is 35.6 Å². The smallest absolute Gasteiger partial charge is 0.254 e. The van der Waals surface area contributed by atoms with Crippen molar-refractivity contribution in [3.8, 4) is 6.07 Å². The van der Waals surface area contributed by atoms with Crippen LogP contribution in [0.2, 0.25) is 0 Å². The largest absolute Gasteiger partial charge is 0.365 e. The summed E-state index contributed by atoms with van der Waals surface area (Å²) in [6.45, 7) is 0. The van der Waals surface area contributed by atoms with Crippen LogP contribution in [0.15, 0.2) is 30.5 Å². The predicted molar refractivity (Wildman–Crippen MR) is 87.2 cm³/mol. The number of hydrogen-bond donors (Lipinski definition) is 2. The van der Waals surface area contributed by atoms with Gasteiger partial charge in [-0.15, -0.1) is 0 Å². The number of hydrogen-bond acceptors (Lipinski definition) is 6. The van der Waals surface area contributed by atoms with E-state index in [4.69, 9.17) is 5.73 Å². The minimum atomic E-state index is -3.35. The highest BCUT2D eigenvalue weighted by atomic mass is 32.2. The van der Waals surface area contributed by atoms with Crippen LogP contribution in [0.5, 0.6) is 0 Å². The molecule has 130 valence electrons. The van der Waals surface area contributed by atoms with Gasteiger partial charge in [-0.2, -0.15) is 10.4 Å². The zero-order valence-corrected chi connectivity index (χ0v) is 13.7. The maximum absolute atomic E-state index is 13.0. The monoisotopic (exact) mass is 363 g/mol. The van der Waals surface area contributed by atoms with Gasteiger partial charge in [0.2, 0.25) is 0 Å². The van der Waals surface area contributed by atoms with Crippen LogP contribution in [0.4, 0.5) is 15.9 Å². The number of nitrogens with zero attached hydrogens (tertiary/aromatic N) is 3. The van der Waals surface area contributed by atoms with Gasteiger partial charge < -0.3 is 11.1 Å². The summed E-state index contributed by atoms with van der Waals surface area (Å²) in [5.74, 6) is -2.31. The van der Waals surface area contributed by atoms with Crippen LogP contribution >= 0.6 is 0 Å². The lowest BCUT2D eigenvalue weighted by Gasteiger charge is -2.11. The number of nitriles is 1. The van der Waals surface area contributed by atoms with E-state index >= 15 is 0 Å². The summed E-state index contributed by atoms with van der Waals surface area (Å²) in [7, 11) is -3.35. The van der Waals surface area contributed by atoms with E-state index in [2.05, 4.69) is 10.4 Å². The molecule has 1 amide bonds. The number of aromatic nitrogens is 2. The van der Waals surface area contributed by atoms with E-state index in [0.29, 0.717) is 5.69 Å². The average Bonchev–Trinajstić information content (AvgIpc) is 3.10. The lowest BCUT2D eigenvalue weighted by molar-refractivity contribution is 0.100. The van der Waals surface area contributed by atoms with Gasteiger partial charge in [0.15, 0.2) is 15.7 Å². The van der Waals surface area contributed by atoms with Crippen LogP contribution in [0.1, 0.15) is 16.4 Å². The Labute approximate surface area is 143 Å². The molecular weight excluding hydrogens is 349 g/mol. The fraction of sp³-hybridized carbons (Fsp3) is 0.267. The van der Waals surface area contributed by atoms with Gasteiger partial charge in [0.25, 0.3) is 5.91 Å². The number of anilines is 2. The normalized spacial score (nSPS) is 21.6. The van der Waals surface area contributed by atoms with Gasteiger partial charge >= 0.3 is 0 Å². The molecular formula is C15H14FN5O3S. The molecule has 3 N–H and O–H groups in total. The van der Waals surface area contributed by atoms with Crippen molar-refractivity contribution in [2.24, 2.45) is 11.7 Å². The van der Waals surface area contributed by atoms with Crippen molar-refractivity contribution < 1.29 is 17.6 Å². The van der Waals surface area contributed by atoms with Gasteiger partial charge in [0.1, 0.15) is 11.4 Å². The summed E-state index contributed by atoms with van der Waals surface area (Å²) in [5, 5.41) is 16.2. The highest BCUT2D eigenvalue weighted by Crippen LogP contribution is 2.31. The molecule has 1 aromatic heterocycles. The van der Waals surface area contributed by atoms with Crippen molar-refractivity contribution in [1.82, 2.24) is 9.78 Å². The first-order valence-corrected chi connectivity index (χ1v) is 9.13. The summed E-state index contributed by atoms with van der Waals surface area (Å²) in [6.07, 6.45) is 1.32. The highest BCUT2D eigenvalue weighted by molar-refractivity contribution is 7.91. The summed E-state index contributed by atoms with van der Waals surface area (Å²) in [5.41, 5.74) is 5.87. The van der Waals surface area contributed by atoms with Crippen LogP contribution in [0.3, 0.4) is 0 Å². The SMILES string of the molecule is N#C[C@H]1CS(=O)(=O)C[C@@H]1n1cc(C(N)=O)c(Nc2ccc(F)cc2)n1. The van der Waals surface area contributed by atoms with E-state index in [1.807, 2.05) is 6.07 Å². The zero-order valence-electron chi connectivity index (χ0n) is 12.9. The Hall–Kier alpha value is -2.93. The number of halogens is 1. The minimum absolute atomic E-state index is 0.0466. The van der Waals surface area contributed by atoms with Gasteiger partial charge in [0.05, 0.1) is 29.5 Å². The summed E-state index contributed by atoms with van der Waals surface area (Å²) >= 11 is 0. The van der Waals surface area contributed by atoms with Gasteiger partial charge in [-0.1, -0.05) is 0 Å². The van der Waals surface area contributed by atoms with E-state index in [1.165, 1.54) is 35.1 Å². The number of sulfone groups is 1. The van der Waals surface area contributed by atoms with E-state index in [9.17, 15) is 22.9 Å². The second kappa shape index (κ2) is 6.18. The van der Waals surface area contributed by atoms with Crippen molar-refractivity contribution in [3.05, 3.63) is 41.8 Å². The number of carbonyl (C=O) groups is 1. The quantitative estimate of drug-likeness (QED) is 0.832. The third kappa shape index (κ3) is 3.46. The van der Waals surface area contributed by atoms with Crippen molar-refractivity contribution in [1.29, 1.82) is 5.26 Å². The highest BCUT2D eigenvalue weighted by Gasteiger charge is 2.40. The number of amides is 1. The first kappa shape index (κ1) is 16.9. The van der Waals surface area contributed by atoms with Gasteiger partial charge in [0, 0.05) is 11.9 Å². The molecule has 0 spiro atoms. The van der Waals surface area contributed by atoms with E-state index < -0.39 is 33.5 Å². The number of nitrogens with two attached hydrogens (primary N) is 1. The fourth-order valence-electron chi connectivity index (χ4n) is 2.72. The number of benzene rings is 1. The first-order chi connectivity index (χ1) is 11.8. The molecule has 1 aromatic carbocycles. The molecule has 3 rings (SSSR count). The average molecular weight is 363 g/mol. The van der Waals surface area contributed by atoms with E-state index in [-0.39, 0.29) is 22.9 Å². The molecule has 0 radical (unpaired) electrons.